The van der Waals surface area contributed by atoms with Crippen LogP contribution in [0.2, 0.25) is 0 Å². The normalized spacial score (nSPS) is 18.0. The summed E-state index contributed by atoms with van der Waals surface area (Å²) in [5.74, 6) is 0.274. The lowest BCUT2D eigenvalue weighted by atomic mass is 9.90. The van der Waals surface area contributed by atoms with E-state index in [0.29, 0.717) is 11.6 Å². The number of rotatable bonds is 4. The number of para-hydroxylation sites is 1. The van der Waals surface area contributed by atoms with Crippen molar-refractivity contribution in [2.75, 3.05) is 0 Å². The van der Waals surface area contributed by atoms with Crippen LogP contribution in [0, 0.1) is 5.92 Å². The molecule has 3 rings (SSSR count). The average molecular weight is 255 g/mol. The Labute approximate surface area is 112 Å². The fraction of sp³-hybridized carbons (Fsp3) is 0.333. The van der Waals surface area contributed by atoms with Gasteiger partial charge >= 0.3 is 0 Å². The van der Waals surface area contributed by atoms with Gasteiger partial charge in [0, 0.05) is 0 Å². The highest BCUT2D eigenvalue weighted by Gasteiger charge is 2.45. The fourth-order valence-electron chi connectivity index (χ4n) is 2.39. The van der Waals surface area contributed by atoms with Crippen molar-refractivity contribution in [2.24, 2.45) is 11.7 Å². The number of nitrogens with two attached hydrogens (primary N) is 1. The van der Waals surface area contributed by atoms with Crippen LogP contribution in [0.3, 0.4) is 0 Å². The van der Waals surface area contributed by atoms with Crippen LogP contribution in [0.5, 0.6) is 0 Å². The van der Waals surface area contributed by atoms with E-state index < -0.39 is 5.54 Å². The first kappa shape index (κ1) is 12.1. The third kappa shape index (κ3) is 2.08. The van der Waals surface area contributed by atoms with Gasteiger partial charge in [-0.05, 0) is 43.9 Å². The molecule has 1 aliphatic rings. The van der Waals surface area contributed by atoms with E-state index in [2.05, 4.69) is 5.10 Å². The molecule has 1 unspecified atom stereocenters. The highest BCUT2D eigenvalue weighted by molar-refractivity contribution is 6.02. The zero-order valence-corrected chi connectivity index (χ0v) is 10.9. The maximum atomic E-state index is 12.6. The highest BCUT2D eigenvalue weighted by Crippen LogP contribution is 2.39. The van der Waals surface area contributed by atoms with E-state index in [4.69, 9.17) is 5.73 Å². The number of benzene rings is 1. The number of hydrogen-bond acceptors (Lipinski definition) is 3. The van der Waals surface area contributed by atoms with Gasteiger partial charge in [0.05, 0.1) is 17.4 Å². The first-order valence-corrected chi connectivity index (χ1v) is 6.54. The number of carbonyl (C=O) groups is 1. The Bertz CT molecular complexity index is 597. The minimum Gasteiger partial charge on any atom is -0.319 e. The lowest BCUT2D eigenvalue weighted by molar-refractivity contribution is 0.0875. The Kier molecular flexibility index (Phi) is 2.75. The minimum absolute atomic E-state index is 0.0312. The molecule has 1 heterocycles. The number of aromatic nitrogens is 2. The molecule has 2 aromatic rings. The molecule has 0 amide bonds. The molecule has 0 saturated heterocycles. The predicted octanol–water partition coefficient (Wildman–Crippen LogP) is 2.18. The molecule has 19 heavy (non-hydrogen) atoms. The van der Waals surface area contributed by atoms with Crippen LogP contribution in [-0.4, -0.2) is 21.1 Å². The van der Waals surface area contributed by atoms with E-state index in [9.17, 15) is 4.79 Å². The summed E-state index contributed by atoms with van der Waals surface area (Å²) in [6.07, 6.45) is 3.72. The van der Waals surface area contributed by atoms with E-state index in [-0.39, 0.29) is 5.78 Å². The maximum absolute atomic E-state index is 12.6. The predicted molar refractivity (Wildman–Crippen MR) is 73.2 cm³/mol. The van der Waals surface area contributed by atoms with Crippen LogP contribution >= 0.6 is 0 Å². The number of carbonyl (C=O) groups excluding carboxylic acids is 1. The molecule has 1 aliphatic carbocycles. The van der Waals surface area contributed by atoms with Crippen LogP contribution in [0.1, 0.15) is 30.3 Å². The lowest BCUT2D eigenvalue weighted by Crippen LogP contribution is -2.47. The molecule has 1 saturated carbocycles. The van der Waals surface area contributed by atoms with Crippen LogP contribution in [0.15, 0.2) is 42.6 Å². The molecule has 0 spiro atoms. The molecule has 0 bridgehead atoms. The van der Waals surface area contributed by atoms with E-state index in [1.165, 1.54) is 0 Å². The van der Waals surface area contributed by atoms with Crippen molar-refractivity contribution < 1.29 is 4.79 Å². The summed E-state index contributed by atoms with van der Waals surface area (Å²) < 4.78 is 1.66. The van der Waals surface area contributed by atoms with Crippen LogP contribution in [-0.2, 0) is 0 Å². The molecule has 1 aromatic heterocycles. The van der Waals surface area contributed by atoms with E-state index in [0.717, 1.165) is 18.5 Å². The first-order valence-electron chi connectivity index (χ1n) is 6.54. The first-order chi connectivity index (χ1) is 9.10. The molecule has 1 fully saturated rings. The summed E-state index contributed by atoms with van der Waals surface area (Å²) in [5, 5.41) is 4.24. The van der Waals surface area contributed by atoms with Crippen molar-refractivity contribution >= 4 is 5.78 Å². The molecule has 2 N–H and O–H groups in total. The van der Waals surface area contributed by atoms with Crippen molar-refractivity contribution in [3.8, 4) is 5.69 Å². The van der Waals surface area contributed by atoms with Gasteiger partial charge in [0.1, 0.15) is 5.69 Å². The SMILES string of the molecule is CC(N)(C(=O)c1ccnn1-c1ccccc1)C1CC1. The maximum Gasteiger partial charge on any atom is 0.201 e. The average Bonchev–Trinajstić information content (AvgIpc) is 3.18. The summed E-state index contributed by atoms with van der Waals surface area (Å²) in [6, 6.07) is 11.4. The summed E-state index contributed by atoms with van der Waals surface area (Å²) in [6.45, 7) is 1.83. The van der Waals surface area contributed by atoms with Crippen molar-refractivity contribution in [1.29, 1.82) is 0 Å². The molecular weight excluding hydrogens is 238 g/mol. The Hall–Kier alpha value is -1.94. The monoisotopic (exact) mass is 255 g/mol. The van der Waals surface area contributed by atoms with Crippen molar-refractivity contribution in [2.45, 2.75) is 25.3 Å². The molecule has 1 atom stereocenters. The van der Waals surface area contributed by atoms with Gasteiger partial charge in [0.25, 0.3) is 0 Å². The Morgan fingerprint density at radius 2 is 2.00 bits per heavy atom. The molecule has 1 aromatic carbocycles. The summed E-state index contributed by atoms with van der Waals surface area (Å²) in [4.78, 5) is 12.6. The van der Waals surface area contributed by atoms with Gasteiger partial charge in [-0.1, -0.05) is 18.2 Å². The second-order valence-electron chi connectivity index (χ2n) is 5.35. The van der Waals surface area contributed by atoms with Gasteiger partial charge in [0.15, 0.2) is 0 Å². The molecule has 0 aliphatic heterocycles. The van der Waals surface area contributed by atoms with E-state index >= 15 is 0 Å². The van der Waals surface area contributed by atoms with E-state index in [1.807, 2.05) is 37.3 Å². The van der Waals surface area contributed by atoms with Gasteiger partial charge in [0.2, 0.25) is 5.78 Å². The number of nitrogens with zero attached hydrogens (tertiary/aromatic N) is 2. The molecular formula is C15H17N3O. The second-order valence-corrected chi connectivity index (χ2v) is 5.35. The van der Waals surface area contributed by atoms with Crippen LogP contribution in [0.4, 0.5) is 0 Å². The van der Waals surface area contributed by atoms with E-state index in [1.54, 1.807) is 16.9 Å². The Morgan fingerprint density at radius 1 is 1.32 bits per heavy atom. The Morgan fingerprint density at radius 3 is 2.63 bits per heavy atom. The van der Waals surface area contributed by atoms with Gasteiger partial charge in [-0.3, -0.25) is 4.79 Å². The fourth-order valence-corrected chi connectivity index (χ4v) is 2.39. The van der Waals surface area contributed by atoms with Crippen LogP contribution in [0.25, 0.3) is 5.69 Å². The van der Waals surface area contributed by atoms with Crippen molar-refractivity contribution in [3.63, 3.8) is 0 Å². The lowest BCUT2D eigenvalue weighted by Gasteiger charge is -2.22. The number of Topliss-reactive ketones (excluding diaryl/α,β-unsaturated/α-hetero) is 1. The van der Waals surface area contributed by atoms with Crippen molar-refractivity contribution in [3.05, 3.63) is 48.3 Å². The molecule has 4 nitrogen and oxygen atoms in total. The zero-order chi connectivity index (χ0) is 13.5. The summed E-state index contributed by atoms with van der Waals surface area (Å²) in [5.41, 5.74) is 6.86. The standard InChI is InChI=1S/C15H17N3O/c1-15(16,11-7-8-11)14(19)13-9-10-17-18(13)12-5-3-2-4-6-12/h2-6,9-11H,7-8,16H2,1H3. The highest BCUT2D eigenvalue weighted by atomic mass is 16.1. The van der Waals surface area contributed by atoms with Crippen molar-refractivity contribution in [1.82, 2.24) is 9.78 Å². The summed E-state index contributed by atoms with van der Waals surface area (Å²) in [7, 11) is 0. The van der Waals surface area contributed by atoms with Gasteiger partial charge in [-0.2, -0.15) is 5.10 Å². The van der Waals surface area contributed by atoms with Gasteiger partial charge < -0.3 is 5.73 Å². The topological polar surface area (TPSA) is 60.9 Å². The molecule has 4 heteroatoms. The molecule has 98 valence electrons. The number of ketones is 1. The largest absolute Gasteiger partial charge is 0.319 e. The Balaban J connectivity index is 1.99. The van der Waals surface area contributed by atoms with Gasteiger partial charge in [-0.25, -0.2) is 4.68 Å². The minimum atomic E-state index is -0.785. The smallest absolute Gasteiger partial charge is 0.201 e. The van der Waals surface area contributed by atoms with Gasteiger partial charge in [-0.15, -0.1) is 0 Å². The third-order valence-electron chi connectivity index (χ3n) is 3.79. The van der Waals surface area contributed by atoms with Crippen LogP contribution < -0.4 is 5.73 Å². The summed E-state index contributed by atoms with van der Waals surface area (Å²) >= 11 is 0. The quantitative estimate of drug-likeness (QED) is 0.852. The zero-order valence-electron chi connectivity index (χ0n) is 10.9. The third-order valence-corrected chi connectivity index (χ3v) is 3.79. The molecule has 0 radical (unpaired) electrons. The second kappa shape index (κ2) is 4.31. The number of hydrogen-bond donors (Lipinski definition) is 1.